The van der Waals surface area contributed by atoms with Gasteiger partial charge in [0.05, 0.1) is 0 Å². The Balaban J connectivity index is 1.64. The first-order valence-electron chi connectivity index (χ1n) is 6.56. The molecule has 1 aliphatic heterocycles. The monoisotopic (exact) mass is 321 g/mol. The second-order valence-corrected chi connectivity index (χ2v) is 5.89. The molecule has 2 aromatic rings. The Morgan fingerprint density at radius 1 is 1.42 bits per heavy atom. The van der Waals surface area contributed by atoms with Crippen molar-refractivity contribution < 1.29 is 4.52 Å². The van der Waals surface area contributed by atoms with Crippen molar-refractivity contribution in [3.8, 4) is 0 Å². The van der Waals surface area contributed by atoms with Gasteiger partial charge in [0.25, 0.3) is 0 Å². The van der Waals surface area contributed by atoms with Crippen LogP contribution in [0.2, 0.25) is 0 Å². The lowest BCUT2D eigenvalue weighted by molar-refractivity contribution is 0.354. The molecule has 1 unspecified atom stereocenters. The van der Waals surface area contributed by atoms with E-state index in [9.17, 15) is 0 Å². The number of aromatic nitrogens is 2. The van der Waals surface area contributed by atoms with E-state index in [0.717, 1.165) is 35.7 Å². The third-order valence-corrected chi connectivity index (χ3v) is 3.88. The number of halogens is 1. The largest absolute Gasteiger partial charge is 0.339 e. The Kier molecular flexibility index (Phi) is 3.94. The molecule has 4 nitrogen and oxygen atoms in total. The summed E-state index contributed by atoms with van der Waals surface area (Å²) in [5, 5.41) is 7.41. The molecular formula is C14H16BrN3O. The van der Waals surface area contributed by atoms with Crippen LogP contribution >= 0.6 is 15.9 Å². The Labute approximate surface area is 120 Å². The average Bonchev–Trinajstić information content (AvgIpc) is 3.02. The van der Waals surface area contributed by atoms with Crippen LogP contribution in [-0.4, -0.2) is 23.2 Å². The third-order valence-electron chi connectivity index (χ3n) is 3.39. The van der Waals surface area contributed by atoms with Gasteiger partial charge in [-0.3, -0.25) is 0 Å². The predicted molar refractivity (Wildman–Crippen MR) is 75.9 cm³/mol. The van der Waals surface area contributed by atoms with Crippen LogP contribution in [0.3, 0.4) is 0 Å². The van der Waals surface area contributed by atoms with E-state index >= 15 is 0 Å². The Morgan fingerprint density at radius 2 is 2.37 bits per heavy atom. The fraction of sp³-hybridized carbons (Fsp3) is 0.429. The summed E-state index contributed by atoms with van der Waals surface area (Å²) >= 11 is 3.47. The summed E-state index contributed by atoms with van der Waals surface area (Å²) in [4.78, 5) is 4.48. The van der Waals surface area contributed by atoms with E-state index in [1.165, 1.54) is 12.0 Å². The molecule has 2 heterocycles. The number of rotatable bonds is 4. The van der Waals surface area contributed by atoms with Crippen molar-refractivity contribution in [3.63, 3.8) is 0 Å². The van der Waals surface area contributed by atoms with Crippen molar-refractivity contribution in [1.82, 2.24) is 15.5 Å². The second kappa shape index (κ2) is 5.84. The first kappa shape index (κ1) is 12.8. The van der Waals surface area contributed by atoms with Gasteiger partial charge in [0, 0.05) is 17.3 Å². The zero-order chi connectivity index (χ0) is 13.1. The molecule has 0 radical (unpaired) electrons. The maximum atomic E-state index is 5.33. The van der Waals surface area contributed by atoms with Crippen molar-refractivity contribution in [1.29, 1.82) is 0 Å². The Hall–Kier alpha value is -1.20. The molecular weight excluding hydrogens is 306 g/mol. The van der Waals surface area contributed by atoms with Crippen LogP contribution in [-0.2, 0) is 12.8 Å². The van der Waals surface area contributed by atoms with Gasteiger partial charge in [-0.05, 0) is 43.1 Å². The summed E-state index contributed by atoms with van der Waals surface area (Å²) < 4.78 is 6.40. The van der Waals surface area contributed by atoms with Crippen LogP contribution < -0.4 is 5.32 Å². The van der Waals surface area contributed by atoms with E-state index in [4.69, 9.17) is 4.52 Å². The molecule has 1 N–H and O–H groups in total. The van der Waals surface area contributed by atoms with E-state index in [2.05, 4.69) is 43.5 Å². The zero-order valence-electron chi connectivity index (χ0n) is 10.6. The number of nitrogens with zero attached hydrogens (tertiary/aromatic N) is 2. The Bertz CT molecular complexity index is 549. The summed E-state index contributed by atoms with van der Waals surface area (Å²) in [7, 11) is 0. The van der Waals surface area contributed by atoms with E-state index in [1.54, 1.807) is 0 Å². The summed E-state index contributed by atoms with van der Waals surface area (Å²) in [5.74, 6) is 2.16. The SMILES string of the molecule is Brc1cccc(Cc2noc(CC3CCNC3)n2)c1. The van der Waals surface area contributed by atoms with Crippen molar-refractivity contribution in [2.75, 3.05) is 13.1 Å². The smallest absolute Gasteiger partial charge is 0.226 e. The minimum absolute atomic E-state index is 0.638. The van der Waals surface area contributed by atoms with Crippen LogP contribution in [0, 0.1) is 5.92 Å². The van der Waals surface area contributed by atoms with Gasteiger partial charge < -0.3 is 9.84 Å². The molecule has 0 saturated carbocycles. The van der Waals surface area contributed by atoms with Gasteiger partial charge in [0.1, 0.15) is 0 Å². The van der Waals surface area contributed by atoms with Crippen LogP contribution in [0.15, 0.2) is 33.3 Å². The average molecular weight is 322 g/mol. The molecule has 1 fully saturated rings. The first-order chi connectivity index (χ1) is 9.29. The van der Waals surface area contributed by atoms with Gasteiger partial charge in [0.2, 0.25) is 5.89 Å². The lowest BCUT2D eigenvalue weighted by atomic mass is 10.1. The highest BCUT2D eigenvalue weighted by Crippen LogP contribution is 2.16. The van der Waals surface area contributed by atoms with E-state index < -0.39 is 0 Å². The minimum Gasteiger partial charge on any atom is -0.339 e. The molecule has 0 spiro atoms. The normalized spacial score (nSPS) is 18.9. The van der Waals surface area contributed by atoms with Crippen molar-refractivity contribution in [3.05, 3.63) is 46.0 Å². The van der Waals surface area contributed by atoms with Gasteiger partial charge >= 0.3 is 0 Å². The van der Waals surface area contributed by atoms with Crippen LogP contribution in [0.4, 0.5) is 0 Å². The van der Waals surface area contributed by atoms with Gasteiger partial charge in [-0.2, -0.15) is 4.98 Å². The minimum atomic E-state index is 0.638. The molecule has 1 atom stereocenters. The van der Waals surface area contributed by atoms with E-state index in [0.29, 0.717) is 12.3 Å². The number of hydrogen-bond donors (Lipinski definition) is 1. The highest BCUT2D eigenvalue weighted by molar-refractivity contribution is 9.10. The molecule has 1 aliphatic rings. The molecule has 1 aromatic carbocycles. The highest BCUT2D eigenvalue weighted by Gasteiger charge is 2.18. The zero-order valence-corrected chi connectivity index (χ0v) is 12.2. The van der Waals surface area contributed by atoms with Gasteiger partial charge in [0.15, 0.2) is 5.82 Å². The summed E-state index contributed by atoms with van der Waals surface area (Å²) in [5.41, 5.74) is 1.18. The van der Waals surface area contributed by atoms with Gasteiger partial charge in [-0.1, -0.05) is 33.2 Å². The van der Waals surface area contributed by atoms with Gasteiger partial charge in [-0.25, -0.2) is 0 Å². The quantitative estimate of drug-likeness (QED) is 0.940. The van der Waals surface area contributed by atoms with Crippen LogP contribution in [0.1, 0.15) is 23.7 Å². The Morgan fingerprint density at radius 3 is 3.16 bits per heavy atom. The van der Waals surface area contributed by atoms with Crippen molar-refractivity contribution >= 4 is 15.9 Å². The lowest BCUT2D eigenvalue weighted by Crippen LogP contribution is -2.10. The number of benzene rings is 1. The number of hydrogen-bond acceptors (Lipinski definition) is 4. The van der Waals surface area contributed by atoms with Crippen molar-refractivity contribution in [2.45, 2.75) is 19.3 Å². The van der Waals surface area contributed by atoms with Gasteiger partial charge in [-0.15, -0.1) is 0 Å². The molecule has 0 aliphatic carbocycles. The van der Waals surface area contributed by atoms with Crippen molar-refractivity contribution in [2.24, 2.45) is 5.92 Å². The molecule has 0 bridgehead atoms. The topological polar surface area (TPSA) is 51.0 Å². The molecule has 3 rings (SSSR count). The van der Waals surface area contributed by atoms with E-state index in [-0.39, 0.29) is 0 Å². The first-order valence-corrected chi connectivity index (χ1v) is 7.35. The molecule has 5 heteroatoms. The number of nitrogens with one attached hydrogen (secondary N) is 1. The molecule has 0 amide bonds. The fourth-order valence-electron chi connectivity index (χ4n) is 2.41. The lowest BCUT2D eigenvalue weighted by Gasteiger charge is -2.01. The maximum Gasteiger partial charge on any atom is 0.226 e. The third kappa shape index (κ3) is 3.42. The van der Waals surface area contributed by atoms with Crippen LogP contribution in [0.25, 0.3) is 0 Å². The maximum absolute atomic E-state index is 5.33. The summed E-state index contributed by atoms with van der Waals surface area (Å²) in [6, 6.07) is 8.18. The second-order valence-electron chi connectivity index (χ2n) is 4.97. The molecule has 1 saturated heterocycles. The highest BCUT2D eigenvalue weighted by atomic mass is 79.9. The predicted octanol–water partition coefficient (Wildman–Crippen LogP) is 2.57. The molecule has 19 heavy (non-hydrogen) atoms. The summed E-state index contributed by atoms with van der Waals surface area (Å²) in [6.45, 7) is 2.16. The molecule has 1 aromatic heterocycles. The fourth-order valence-corrected chi connectivity index (χ4v) is 2.86. The van der Waals surface area contributed by atoms with E-state index in [1.807, 2.05) is 12.1 Å². The summed E-state index contributed by atoms with van der Waals surface area (Å²) in [6.07, 6.45) is 2.80. The standard InChI is InChI=1S/C14H16BrN3O/c15-12-3-1-2-10(6-12)7-13-17-14(19-18-13)8-11-4-5-16-9-11/h1-3,6,11,16H,4-5,7-9H2. The van der Waals surface area contributed by atoms with Crippen LogP contribution in [0.5, 0.6) is 0 Å². The molecule has 100 valence electrons.